The molecule has 4 aromatic heterocycles. The van der Waals surface area contributed by atoms with Crippen LogP contribution in [-0.2, 0) is 0 Å². The molecular weight excluding hydrogens is 475 g/mol. The Hall–Kier alpha value is -2.72. The molecule has 2 aromatic carbocycles. The van der Waals surface area contributed by atoms with Crippen LogP contribution in [0.3, 0.4) is 0 Å². The molecule has 6 aromatic rings. The lowest BCUT2D eigenvalue weighted by molar-refractivity contribution is -0.559. The van der Waals surface area contributed by atoms with Gasteiger partial charge in [-0.25, -0.2) is 0 Å². The van der Waals surface area contributed by atoms with E-state index in [2.05, 4.69) is 80.1 Å². The van der Waals surface area contributed by atoms with E-state index in [1.54, 1.807) is 45.3 Å². The molecular formula is C23H19N5S4+2. The van der Waals surface area contributed by atoms with Gasteiger partial charge >= 0.3 is 8.29 Å². The molecule has 0 bridgehead atoms. The van der Waals surface area contributed by atoms with Crippen LogP contribution < -0.4 is 13.9 Å². The van der Waals surface area contributed by atoms with E-state index in [0.29, 0.717) is 0 Å². The molecule has 32 heavy (non-hydrogen) atoms. The summed E-state index contributed by atoms with van der Waals surface area (Å²) < 4.78 is 6.49. The van der Waals surface area contributed by atoms with E-state index in [1.165, 1.54) is 19.4 Å². The number of hydrogen-bond acceptors (Lipinski definition) is 7. The summed E-state index contributed by atoms with van der Waals surface area (Å²) in [6.45, 7) is 3.08. The first-order valence-corrected chi connectivity index (χ1v) is 13.7. The van der Waals surface area contributed by atoms with Gasteiger partial charge in [0.1, 0.15) is 0 Å². The third kappa shape index (κ3) is 3.41. The van der Waals surface area contributed by atoms with Gasteiger partial charge in [0.15, 0.2) is 0 Å². The highest BCUT2D eigenvalue weighted by Gasteiger charge is 2.30. The van der Waals surface area contributed by atoms with Crippen molar-refractivity contribution in [2.75, 3.05) is 11.4 Å². The molecule has 0 saturated heterocycles. The van der Waals surface area contributed by atoms with Gasteiger partial charge in [0.2, 0.25) is 0 Å². The molecule has 158 valence electrons. The van der Waals surface area contributed by atoms with Crippen LogP contribution >= 0.6 is 45.3 Å². The number of aromatic nitrogens is 4. The van der Waals surface area contributed by atoms with Crippen LogP contribution in [0.2, 0.25) is 0 Å². The zero-order valence-electron chi connectivity index (χ0n) is 17.2. The van der Waals surface area contributed by atoms with E-state index in [1.807, 2.05) is 12.1 Å². The lowest BCUT2D eigenvalue weighted by atomic mass is 10.2. The van der Waals surface area contributed by atoms with Crippen molar-refractivity contribution in [3.8, 4) is 22.5 Å². The third-order valence-electron chi connectivity index (χ3n) is 5.12. The van der Waals surface area contributed by atoms with Crippen LogP contribution in [-0.4, -0.2) is 16.7 Å². The van der Waals surface area contributed by atoms with Gasteiger partial charge in [-0.05, 0) is 62.4 Å². The smallest absolute Gasteiger partial charge is 0.283 e. The Balaban J connectivity index is 1.42. The largest absolute Gasteiger partial charge is 0.354 e. The van der Waals surface area contributed by atoms with E-state index in [9.17, 15) is 0 Å². The molecule has 0 saturated carbocycles. The fourth-order valence-corrected chi connectivity index (χ4v) is 7.75. The van der Waals surface area contributed by atoms with Gasteiger partial charge in [-0.15, -0.1) is 0 Å². The van der Waals surface area contributed by atoms with E-state index in [-0.39, 0.29) is 0 Å². The highest BCUT2D eigenvalue weighted by atomic mass is 32.2. The second kappa shape index (κ2) is 8.32. The molecule has 0 spiro atoms. The first-order chi connectivity index (χ1) is 15.8. The minimum absolute atomic E-state index is 0.879. The Kier molecular flexibility index (Phi) is 5.18. The van der Waals surface area contributed by atoms with Gasteiger partial charge in [-0.1, -0.05) is 66.0 Å². The van der Waals surface area contributed by atoms with Crippen LogP contribution in [0.15, 0.2) is 71.4 Å². The van der Waals surface area contributed by atoms with Crippen LogP contribution in [0.1, 0.15) is 13.3 Å². The second-order valence-corrected chi connectivity index (χ2v) is 11.4. The Morgan fingerprint density at radius 3 is 1.62 bits per heavy atom. The van der Waals surface area contributed by atoms with Crippen LogP contribution in [0.5, 0.6) is 0 Å². The maximum atomic E-state index is 5.01. The molecule has 0 fully saturated rings. The number of benzene rings is 2. The standard InChI is InChI=1S/C23H19N5S4/c1-2-13-26(20-24-27-18(14-29-22(27)31-20)16-9-5-3-6-10-16)21-25-28-19(15-30-23(28)32-21)17-11-7-4-8-12-17/h3-12,14-15H,2,13H2,1H3/q+2. The minimum Gasteiger partial charge on any atom is -0.283 e. The number of thiazole rings is 2. The molecule has 0 amide bonds. The molecule has 0 aliphatic rings. The van der Waals surface area contributed by atoms with E-state index in [0.717, 1.165) is 34.6 Å². The Morgan fingerprint density at radius 2 is 1.19 bits per heavy atom. The number of nitrogens with zero attached hydrogens (tertiary/aromatic N) is 5. The summed E-state index contributed by atoms with van der Waals surface area (Å²) in [7, 11) is 0. The van der Waals surface area contributed by atoms with Crippen LogP contribution in [0.25, 0.3) is 30.8 Å². The minimum atomic E-state index is 0.879. The van der Waals surface area contributed by atoms with Crippen molar-refractivity contribution in [1.29, 1.82) is 0 Å². The predicted octanol–water partition coefficient (Wildman–Crippen LogP) is 6.08. The van der Waals surface area contributed by atoms with Gasteiger partial charge < -0.3 is 0 Å². The number of anilines is 2. The van der Waals surface area contributed by atoms with Crippen molar-refractivity contribution < 1.29 is 9.03 Å². The van der Waals surface area contributed by atoms with Crippen LogP contribution in [0, 0.1) is 0 Å². The van der Waals surface area contributed by atoms with Crippen molar-refractivity contribution in [3.05, 3.63) is 71.4 Å². The van der Waals surface area contributed by atoms with Gasteiger partial charge in [-0.3, -0.25) is 4.90 Å². The SMILES string of the molecule is CCCN(c1n[n+]2c(-c3ccccc3)csc2s1)c1n[n+]2c(-c3ccccc3)csc2s1. The molecule has 0 aliphatic carbocycles. The highest BCUT2D eigenvalue weighted by molar-refractivity contribution is 7.37. The monoisotopic (exact) mass is 493 g/mol. The van der Waals surface area contributed by atoms with Crippen molar-refractivity contribution in [3.63, 3.8) is 0 Å². The van der Waals surface area contributed by atoms with Gasteiger partial charge in [0, 0.05) is 16.7 Å². The summed E-state index contributed by atoms with van der Waals surface area (Å²) in [5, 5.41) is 16.4. The second-order valence-electron chi connectivity index (χ2n) is 7.25. The van der Waals surface area contributed by atoms with E-state index < -0.39 is 0 Å². The summed E-state index contributed by atoms with van der Waals surface area (Å²) in [6.07, 6.45) is 1.02. The zero-order chi connectivity index (χ0) is 21.5. The first-order valence-electron chi connectivity index (χ1n) is 10.3. The molecule has 4 heterocycles. The molecule has 0 N–H and O–H groups in total. The summed E-state index contributed by atoms with van der Waals surface area (Å²) in [4.78, 5) is 2.26. The zero-order valence-corrected chi connectivity index (χ0v) is 20.5. The topological polar surface area (TPSA) is 37.2 Å². The maximum Gasteiger partial charge on any atom is 0.354 e. The quantitative estimate of drug-likeness (QED) is 0.264. The average molecular weight is 494 g/mol. The third-order valence-corrected chi connectivity index (χ3v) is 9.29. The maximum absolute atomic E-state index is 5.01. The lowest BCUT2D eigenvalue weighted by Crippen LogP contribution is -2.28. The van der Waals surface area contributed by atoms with Gasteiger partial charge in [-0.2, -0.15) is 0 Å². The summed E-state index contributed by atoms with van der Waals surface area (Å²) in [5.74, 6) is 0. The fraction of sp³-hybridized carbons (Fsp3) is 0.130. The normalized spacial score (nSPS) is 11.5. The van der Waals surface area contributed by atoms with Crippen molar-refractivity contribution in [2.45, 2.75) is 13.3 Å². The van der Waals surface area contributed by atoms with Crippen molar-refractivity contribution in [1.82, 2.24) is 10.2 Å². The summed E-state index contributed by atoms with van der Waals surface area (Å²) >= 11 is 6.93. The number of hydrogen-bond donors (Lipinski definition) is 0. The average Bonchev–Trinajstić information content (AvgIpc) is 3.59. The van der Waals surface area contributed by atoms with Crippen molar-refractivity contribution in [2.24, 2.45) is 0 Å². The first kappa shape index (κ1) is 19.9. The van der Waals surface area contributed by atoms with Crippen LogP contribution in [0.4, 0.5) is 10.3 Å². The molecule has 0 atom stereocenters. The fourth-order valence-electron chi connectivity index (χ4n) is 3.61. The van der Waals surface area contributed by atoms with E-state index in [4.69, 9.17) is 10.2 Å². The molecule has 5 nitrogen and oxygen atoms in total. The Bertz CT molecular complexity index is 1380. The molecule has 9 heteroatoms. The Labute approximate surface area is 201 Å². The summed E-state index contributed by atoms with van der Waals surface area (Å²) in [5.41, 5.74) is 4.62. The van der Waals surface area contributed by atoms with E-state index >= 15 is 0 Å². The molecule has 0 unspecified atom stereocenters. The lowest BCUT2D eigenvalue weighted by Gasteiger charge is -2.13. The highest BCUT2D eigenvalue weighted by Crippen LogP contribution is 2.35. The van der Waals surface area contributed by atoms with Gasteiger partial charge in [0.05, 0.1) is 21.9 Å². The number of rotatable bonds is 6. The molecule has 0 radical (unpaired) electrons. The Morgan fingerprint density at radius 1 is 0.719 bits per heavy atom. The van der Waals surface area contributed by atoms with Crippen molar-refractivity contribution >= 4 is 63.9 Å². The summed E-state index contributed by atoms with van der Waals surface area (Å²) in [6, 6.07) is 20.9. The number of fused-ring (bicyclic) bond motifs is 2. The molecule has 0 aliphatic heterocycles. The van der Waals surface area contributed by atoms with Gasteiger partial charge in [0.25, 0.3) is 21.7 Å². The predicted molar refractivity (Wildman–Crippen MR) is 134 cm³/mol. The molecule has 6 rings (SSSR count).